The Balaban J connectivity index is 1.85. The van der Waals surface area contributed by atoms with Crippen LogP contribution < -0.4 is 0 Å². The van der Waals surface area contributed by atoms with Crippen molar-refractivity contribution in [3.8, 4) is 22.5 Å². The lowest BCUT2D eigenvalue weighted by Gasteiger charge is -2.11. The summed E-state index contributed by atoms with van der Waals surface area (Å²) in [6.45, 7) is 0. The molecule has 0 radical (unpaired) electrons. The molecule has 1 heterocycles. The van der Waals surface area contributed by atoms with Crippen molar-refractivity contribution in [3.05, 3.63) is 96.6 Å². The van der Waals surface area contributed by atoms with Gasteiger partial charge in [-0.3, -0.25) is 0 Å². The Hall–Kier alpha value is -3.66. The summed E-state index contributed by atoms with van der Waals surface area (Å²) in [6, 6.07) is 24.7. The Kier molecular flexibility index (Phi) is 3.83. The monoisotopic (exact) mass is 368 g/mol. The highest BCUT2D eigenvalue weighted by atomic mass is 19.1. The van der Waals surface area contributed by atoms with Crippen LogP contribution in [-0.4, -0.2) is 10.2 Å². The highest BCUT2D eigenvalue weighted by molar-refractivity contribution is 6.08. The van der Waals surface area contributed by atoms with Crippen molar-refractivity contribution >= 4 is 21.5 Å². The van der Waals surface area contributed by atoms with Gasteiger partial charge in [0, 0.05) is 21.9 Å². The molecule has 0 fully saturated rings. The lowest BCUT2D eigenvalue weighted by molar-refractivity contribution is 0.627. The average molecular weight is 368 g/mol. The number of halogens is 2. The van der Waals surface area contributed by atoms with Gasteiger partial charge in [-0.05, 0) is 71.4 Å². The minimum absolute atomic E-state index is 0.297. The molecule has 4 heteroatoms. The Bertz CT molecular complexity index is 1210. The number of benzene rings is 4. The van der Waals surface area contributed by atoms with Crippen LogP contribution in [0.2, 0.25) is 0 Å². The maximum absolute atomic E-state index is 13.4. The van der Waals surface area contributed by atoms with E-state index in [1.165, 1.54) is 24.3 Å². The molecule has 0 aliphatic heterocycles. The van der Waals surface area contributed by atoms with E-state index in [0.717, 1.165) is 32.7 Å². The lowest BCUT2D eigenvalue weighted by atomic mass is 9.97. The summed E-state index contributed by atoms with van der Waals surface area (Å²) in [4.78, 5) is 0. The highest BCUT2D eigenvalue weighted by Gasteiger charge is 2.14. The van der Waals surface area contributed by atoms with Crippen LogP contribution in [0.3, 0.4) is 0 Å². The summed E-state index contributed by atoms with van der Waals surface area (Å²) >= 11 is 0. The maximum atomic E-state index is 13.4. The average Bonchev–Trinajstić information content (AvgIpc) is 2.73. The summed E-state index contributed by atoms with van der Waals surface area (Å²) in [5, 5.41) is 12.9. The SMILES string of the molecule is Fc1ccc(-c2nnc(-c3ccc(F)cc3)c3cc4ccccc4cc23)cc1. The van der Waals surface area contributed by atoms with E-state index in [1.54, 1.807) is 24.3 Å². The molecule has 0 N–H and O–H groups in total. The summed E-state index contributed by atoms with van der Waals surface area (Å²) in [7, 11) is 0. The molecule has 2 nitrogen and oxygen atoms in total. The molecule has 0 saturated heterocycles. The van der Waals surface area contributed by atoms with Crippen molar-refractivity contribution in [1.82, 2.24) is 10.2 Å². The first kappa shape index (κ1) is 16.5. The zero-order valence-corrected chi connectivity index (χ0v) is 14.7. The molecule has 0 unspecified atom stereocenters. The normalized spacial score (nSPS) is 11.2. The second-order valence-electron chi connectivity index (χ2n) is 6.66. The van der Waals surface area contributed by atoms with Crippen molar-refractivity contribution in [3.63, 3.8) is 0 Å². The number of nitrogens with zero attached hydrogens (tertiary/aromatic N) is 2. The van der Waals surface area contributed by atoms with Gasteiger partial charge in [0.25, 0.3) is 0 Å². The first-order valence-corrected chi connectivity index (χ1v) is 8.90. The van der Waals surface area contributed by atoms with Gasteiger partial charge in [0.2, 0.25) is 0 Å². The van der Waals surface area contributed by atoms with Crippen molar-refractivity contribution < 1.29 is 8.78 Å². The molecular formula is C24H14F2N2. The summed E-state index contributed by atoms with van der Waals surface area (Å²) in [5.41, 5.74) is 2.96. The predicted octanol–water partition coefficient (Wildman–Crippen LogP) is 6.40. The minimum Gasteiger partial charge on any atom is -0.207 e. The van der Waals surface area contributed by atoms with Crippen LogP contribution in [0, 0.1) is 11.6 Å². The van der Waals surface area contributed by atoms with Gasteiger partial charge < -0.3 is 0 Å². The molecule has 28 heavy (non-hydrogen) atoms. The van der Waals surface area contributed by atoms with Crippen LogP contribution in [0.1, 0.15) is 0 Å². The standard InChI is InChI=1S/C24H14F2N2/c25-19-9-5-15(6-10-19)23-21-13-17-3-1-2-4-18(17)14-22(21)24(28-27-23)16-7-11-20(26)12-8-16/h1-14H. The largest absolute Gasteiger partial charge is 0.207 e. The van der Waals surface area contributed by atoms with Crippen LogP contribution in [0.15, 0.2) is 84.9 Å². The second kappa shape index (κ2) is 6.50. The van der Waals surface area contributed by atoms with Gasteiger partial charge in [-0.15, -0.1) is 10.2 Å². The molecule has 0 spiro atoms. The fourth-order valence-corrected chi connectivity index (χ4v) is 3.48. The third-order valence-corrected chi connectivity index (χ3v) is 4.88. The first-order chi connectivity index (χ1) is 13.7. The van der Waals surface area contributed by atoms with Crippen LogP contribution in [0.4, 0.5) is 8.78 Å². The van der Waals surface area contributed by atoms with Gasteiger partial charge in [0.15, 0.2) is 0 Å². The van der Waals surface area contributed by atoms with Crippen molar-refractivity contribution in [2.45, 2.75) is 0 Å². The van der Waals surface area contributed by atoms with E-state index in [9.17, 15) is 8.78 Å². The van der Waals surface area contributed by atoms with Crippen molar-refractivity contribution in [1.29, 1.82) is 0 Å². The van der Waals surface area contributed by atoms with Crippen LogP contribution in [-0.2, 0) is 0 Å². The number of aromatic nitrogens is 2. The molecular weight excluding hydrogens is 354 g/mol. The molecule has 0 saturated carbocycles. The number of hydrogen-bond acceptors (Lipinski definition) is 2. The molecule has 1 aromatic heterocycles. The molecule has 0 atom stereocenters. The molecule has 4 aromatic carbocycles. The molecule has 0 bridgehead atoms. The molecule has 5 rings (SSSR count). The van der Waals surface area contributed by atoms with Crippen molar-refractivity contribution in [2.75, 3.05) is 0 Å². The Morgan fingerprint density at radius 1 is 0.500 bits per heavy atom. The number of rotatable bonds is 2. The zero-order valence-electron chi connectivity index (χ0n) is 14.7. The van der Waals surface area contributed by atoms with E-state index in [1.807, 2.05) is 24.3 Å². The predicted molar refractivity (Wildman–Crippen MR) is 108 cm³/mol. The Labute approximate surface area is 160 Å². The van der Waals surface area contributed by atoms with Gasteiger partial charge in [-0.2, -0.15) is 0 Å². The topological polar surface area (TPSA) is 25.8 Å². The Morgan fingerprint density at radius 3 is 1.29 bits per heavy atom. The molecule has 5 aromatic rings. The highest BCUT2D eigenvalue weighted by Crippen LogP contribution is 2.35. The van der Waals surface area contributed by atoms with Gasteiger partial charge in [-0.25, -0.2) is 8.78 Å². The minimum atomic E-state index is -0.297. The van der Waals surface area contributed by atoms with Crippen LogP contribution in [0.25, 0.3) is 44.1 Å². The molecule has 0 amide bonds. The van der Waals surface area contributed by atoms with E-state index in [4.69, 9.17) is 0 Å². The molecule has 0 aliphatic carbocycles. The number of fused-ring (bicyclic) bond motifs is 2. The van der Waals surface area contributed by atoms with E-state index in [0.29, 0.717) is 11.4 Å². The quantitative estimate of drug-likeness (QED) is 0.337. The Morgan fingerprint density at radius 2 is 0.893 bits per heavy atom. The summed E-state index contributed by atoms with van der Waals surface area (Å²) in [6.07, 6.45) is 0. The maximum Gasteiger partial charge on any atom is 0.123 e. The van der Waals surface area contributed by atoms with E-state index in [-0.39, 0.29) is 11.6 Å². The zero-order chi connectivity index (χ0) is 19.1. The van der Waals surface area contributed by atoms with Gasteiger partial charge in [-0.1, -0.05) is 24.3 Å². The third kappa shape index (κ3) is 2.79. The summed E-state index contributed by atoms with van der Waals surface area (Å²) < 4.78 is 26.8. The molecule has 0 aliphatic rings. The van der Waals surface area contributed by atoms with Gasteiger partial charge in [0.05, 0.1) is 0 Å². The van der Waals surface area contributed by atoms with Crippen LogP contribution in [0.5, 0.6) is 0 Å². The smallest absolute Gasteiger partial charge is 0.123 e. The fourth-order valence-electron chi connectivity index (χ4n) is 3.48. The first-order valence-electron chi connectivity index (χ1n) is 8.90. The van der Waals surface area contributed by atoms with E-state index < -0.39 is 0 Å². The van der Waals surface area contributed by atoms with E-state index >= 15 is 0 Å². The van der Waals surface area contributed by atoms with Crippen LogP contribution >= 0.6 is 0 Å². The third-order valence-electron chi connectivity index (χ3n) is 4.88. The molecule has 134 valence electrons. The van der Waals surface area contributed by atoms with Crippen molar-refractivity contribution in [2.24, 2.45) is 0 Å². The van der Waals surface area contributed by atoms with E-state index in [2.05, 4.69) is 22.3 Å². The lowest BCUT2D eigenvalue weighted by Crippen LogP contribution is -1.95. The van der Waals surface area contributed by atoms with Gasteiger partial charge >= 0.3 is 0 Å². The number of hydrogen-bond donors (Lipinski definition) is 0. The summed E-state index contributed by atoms with van der Waals surface area (Å²) in [5.74, 6) is -0.594. The van der Waals surface area contributed by atoms with Gasteiger partial charge in [0.1, 0.15) is 23.0 Å². The second-order valence-corrected chi connectivity index (χ2v) is 6.66. The fraction of sp³-hybridized carbons (Fsp3) is 0.